The van der Waals surface area contributed by atoms with Crippen LogP contribution in [0.4, 0.5) is 0 Å². The maximum atomic E-state index is 12.2. The fourth-order valence-corrected chi connectivity index (χ4v) is 3.06. The van der Waals surface area contributed by atoms with E-state index in [0.717, 1.165) is 11.1 Å². The first-order valence-electron chi connectivity index (χ1n) is 6.56. The van der Waals surface area contributed by atoms with Gasteiger partial charge in [-0.1, -0.05) is 0 Å². The van der Waals surface area contributed by atoms with Gasteiger partial charge in [0.15, 0.2) is 12.4 Å². The third-order valence-electron chi connectivity index (χ3n) is 3.00. The molecule has 0 aliphatic heterocycles. The molecule has 2 N–H and O–H groups in total. The number of thiophene rings is 1. The maximum absolute atomic E-state index is 12.2. The summed E-state index contributed by atoms with van der Waals surface area (Å²) in [6, 6.07) is 6.60. The highest BCUT2D eigenvalue weighted by atomic mass is 32.2. The highest BCUT2D eigenvalue weighted by Gasteiger charge is 2.23. The van der Waals surface area contributed by atoms with Gasteiger partial charge in [-0.15, -0.1) is 11.3 Å². The van der Waals surface area contributed by atoms with Gasteiger partial charge in [-0.2, -0.15) is 8.98 Å². The van der Waals surface area contributed by atoms with Crippen LogP contribution in [-0.4, -0.2) is 30.8 Å². The fourth-order valence-electron chi connectivity index (χ4n) is 1.85. The molecule has 7 nitrogen and oxygen atoms in total. The normalized spacial score (nSPS) is 11.3. The number of aromatic nitrogens is 1. The second-order valence-electron chi connectivity index (χ2n) is 4.96. The molecule has 1 amide bonds. The van der Waals surface area contributed by atoms with Crippen molar-refractivity contribution in [1.29, 1.82) is 0 Å². The standard InChI is InChI=1S/C14H16N3O4S2/c1-10-5-6-13(22-10)12(18)9-16-7-3-4-11(8-16)14(19)17(15)23(2,20)21/h3-8H,9,15H2,1-2H3/q+1. The summed E-state index contributed by atoms with van der Waals surface area (Å²) in [4.78, 5) is 25.9. The number of aryl methyl sites for hydroxylation is 1. The van der Waals surface area contributed by atoms with Crippen LogP contribution in [0.3, 0.4) is 0 Å². The smallest absolute Gasteiger partial charge is 0.286 e. The van der Waals surface area contributed by atoms with Gasteiger partial charge < -0.3 is 0 Å². The van der Waals surface area contributed by atoms with Gasteiger partial charge in [0.05, 0.1) is 11.1 Å². The lowest BCUT2D eigenvalue weighted by molar-refractivity contribution is -0.683. The second-order valence-corrected chi connectivity index (χ2v) is 8.11. The van der Waals surface area contributed by atoms with Crippen molar-refractivity contribution in [1.82, 2.24) is 4.41 Å². The van der Waals surface area contributed by atoms with Gasteiger partial charge >= 0.3 is 0 Å². The molecule has 0 atom stereocenters. The monoisotopic (exact) mass is 354 g/mol. The molecular weight excluding hydrogens is 338 g/mol. The summed E-state index contributed by atoms with van der Waals surface area (Å²) in [6.45, 7) is 1.96. The Morgan fingerprint density at radius 1 is 1.30 bits per heavy atom. The number of hydrazine groups is 1. The van der Waals surface area contributed by atoms with Crippen LogP contribution in [0.5, 0.6) is 0 Å². The number of carbonyl (C=O) groups excluding carboxylic acids is 2. The summed E-state index contributed by atoms with van der Waals surface area (Å²) in [5.41, 5.74) is 0.0792. The van der Waals surface area contributed by atoms with Crippen molar-refractivity contribution < 1.29 is 22.6 Å². The van der Waals surface area contributed by atoms with Crippen LogP contribution in [0, 0.1) is 6.92 Å². The van der Waals surface area contributed by atoms with E-state index in [9.17, 15) is 18.0 Å². The molecule has 2 aromatic heterocycles. The largest absolute Gasteiger partial charge is 0.287 e. The summed E-state index contributed by atoms with van der Waals surface area (Å²) in [6.07, 6.45) is 3.85. The van der Waals surface area contributed by atoms with Crippen molar-refractivity contribution in [2.24, 2.45) is 5.84 Å². The Bertz CT molecular complexity index is 858. The lowest BCUT2D eigenvalue weighted by Gasteiger charge is -2.12. The molecule has 23 heavy (non-hydrogen) atoms. The summed E-state index contributed by atoms with van der Waals surface area (Å²) < 4.78 is 24.3. The first-order chi connectivity index (χ1) is 10.7. The molecule has 0 bridgehead atoms. The van der Waals surface area contributed by atoms with Gasteiger partial charge in [-0.25, -0.2) is 14.3 Å². The van der Waals surface area contributed by atoms with E-state index in [2.05, 4.69) is 0 Å². The van der Waals surface area contributed by atoms with Crippen LogP contribution >= 0.6 is 11.3 Å². The van der Waals surface area contributed by atoms with Gasteiger partial charge in [0, 0.05) is 10.9 Å². The van der Waals surface area contributed by atoms with Crippen molar-refractivity contribution in [3.05, 3.63) is 52.0 Å². The predicted molar refractivity (Wildman–Crippen MR) is 85.2 cm³/mol. The van der Waals surface area contributed by atoms with E-state index in [-0.39, 0.29) is 22.3 Å². The SMILES string of the molecule is Cc1ccc(C(=O)C[n+]2cccc(C(=O)N(N)S(C)(=O)=O)c2)s1. The highest BCUT2D eigenvalue weighted by Crippen LogP contribution is 2.15. The molecule has 0 saturated carbocycles. The third-order valence-corrected chi connectivity index (χ3v) is 4.93. The Morgan fingerprint density at radius 3 is 2.57 bits per heavy atom. The highest BCUT2D eigenvalue weighted by molar-refractivity contribution is 7.88. The zero-order valence-electron chi connectivity index (χ0n) is 12.6. The quantitative estimate of drug-likeness (QED) is 0.277. The number of nitrogens with two attached hydrogens (primary N) is 1. The van der Waals surface area contributed by atoms with E-state index in [0.29, 0.717) is 4.88 Å². The topological polar surface area (TPSA) is 101 Å². The Balaban J connectivity index is 2.20. The van der Waals surface area contributed by atoms with Crippen LogP contribution < -0.4 is 10.4 Å². The summed E-state index contributed by atoms with van der Waals surface area (Å²) >= 11 is 1.40. The van der Waals surface area contributed by atoms with Crippen molar-refractivity contribution in [3.8, 4) is 0 Å². The zero-order valence-corrected chi connectivity index (χ0v) is 14.2. The minimum Gasteiger partial charge on any atom is -0.286 e. The van der Waals surface area contributed by atoms with Gasteiger partial charge in [0.25, 0.3) is 5.91 Å². The average molecular weight is 354 g/mol. The van der Waals surface area contributed by atoms with Crippen molar-refractivity contribution in [2.75, 3.05) is 6.26 Å². The number of Topliss-reactive ketones (excluding diaryl/α,β-unsaturated/α-hetero) is 1. The van der Waals surface area contributed by atoms with Crippen LogP contribution in [0.2, 0.25) is 0 Å². The van der Waals surface area contributed by atoms with Crippen molar-refractivity contribution >= 4 is 33.1 Å². The van der Waals surface area contributed by atoms with Crippen LogP contribution in [-0.2, 0) is 16.6 Å². The number of hydrogen-bond donors (Lipinski definition) is 1. The minimum absolute atomic E-state index is 0.0462. The lowest BCUT2D eigenvalue weighted by atomic mass is 10.2. The molecule has 0 radical (unpaired) electrons. The molecule has 0 aromatic carbocycles. The second kappa shape index (κ2) is 6.57. The van der Waals surface area contributed by atoms with E-state index in [4.69, 9.17) is 5.84 Å². The molecule has 0 saturated heterocycles. The van der Waals surface area contributed by atoms with Gasteiger partial charge in [0.1, 0.15) is 5.56 Å². The van der Waals surface area contributed by atoms with Crippen LogP contribution in [0.25, 0.3) is 0 Å². The number of pyridine rings is 1. The molecule has 9 heteroatoms. The summed E-state index contributed by atoms with van der Waals surface area (Å²) in [7, 11) is -3.84. The minimum atomic E-state index is -3.84. The van der Waals surface area contributed by atoms with E-state index in [1.54, 1.807) is 18.3 Å². The molecule has 2 aromatic rings. The van der Waals surface area contributed by atoms with E-state index >= 15 is 0 Å². The van der Waals surface area contributed by atoms with E-state index in [1.807, 2.05) is 13.0 Å². The Morgan fingerprint density at radius 2 is 2.00 bits per heavy atom. The fraction of sp³-hybridized carbons (Fsp3) is 0.214. The molecule has 0 aliphatic rings. The van der Waals surface area contributed by atoms with Crippen LogP contribution in [0.15, 0.2) is 36.7 Å². The number of sulfonamides is 1. The van der Waals surface area contributed by atoms with Gasteiger partial charge in [-0.05, 0) is 25.1 Å². The molecule has 0 unspecified atom stereocenters. The number of rotatable bonds is 5. The van der Waals surface area contributed by atoms with Gasteiger partial charge in [-0.3, -0.25) is 9.59 Å². The molecule has 2 heterocycles. The molecular formula is C14H16N3O4S2+. The molecule has 0 spiro atoms. The number of amides is 1. The Kier molecular flexibility index (Phi) is 4.93. The number of nitrogens with zero attached hydrogens (tertiary/aromatic N) is 2. The number of hydrogen-bond acceptors (Lipinski definition) is 6. The zero-order chi connectivity index (χ0) is 17.2. The van der Waals surface area contributed by atoms with E-state index < -0.39 is 15.9 Å². The summed E-state index contributed by atoms with van der Waals surface area (Å²) in [5.74, 6) is 4.34. The van der Waals surface area contributed by atoms with Gasteiger partial charge in [0.2, 0.25) is 22.4 Å². The average Bonchev–Trinajstić information content (AvgIpc) is 2.91. The Labute approximate surface area is 138 Å². The number of ketones is 1. The molecule has 2 rings (SSSR count). The van der Waals surface area contributed by atoms with E-state index in [1.165, 1.54) is 28.2 Å². The molecule has 0 fully saturated rings. The first kappa shape index (κ1) is 17.3. The number of carbonyl (C=O) groups is 2. The molecule has 0 aliphatic carbocycles. The maximum Gasteiger partial charge on any atom is 0.287 e. The van der Waals surface area contributed by atoms with Crippen molar-refractivity contribution in [3.63, 3.8) is 0 Å². The van der Waals surface area contributed by atoms with Crippen LogP contribution in [0.1, 0.15) is 24.9 Å². The first-order valence-corrected chi connectivity index (χ1v) is 9.23. The third kappa shape index (κ3) is 4.21. The molecule has 122 valence electrons. The van der Waals surface area contributed by atoms with Crippen molar-refractivity contribution in [2.45, 2.75) is 13.5 Å². The Hall–Kier alpha value is -2.10. The predicted octanol–water partition coefficient (Wildman–Crippen LogP) is 0.502. The lowest BCUT2D eigenvalue weighted by Crippen LogP contribution is -2.44. The summed E-state index contributed by atoms with van der Waals surface area (Å²) in [5, 5.41) is 0.